The molecule has 1 atom stereocenters. The SMILES string of the molecule is CCNC(COC)CN(C)CCOCC1CC1. The molecule has 0 aliphatic heterocycles. The molecule has 4 nitrogen and oxygen atoms in total. The molecule has 0 aromatic rings. The second kappa shape index (κ2) is 8.86. The van der Waals surface area contributed by atoms with Crippen LogP contribution >= 0.6 is 0 Å². The monoisotopic (exact) mass is 244 g/mol. The van der Waals surface area contributed by atoms with Crippen LogP contribution in [0.4, 0.5) is 0 Å². The molecule has 0 heterocycles. The second-order valence-corrected chi connectivity index (χ2v) is 4.99. The van der Waals surface area contributed by atoms with E-state index in [1.165, 1.54) is 12.8 Å². The van der Waals surface area contributed by atoms with Crippen molar-refractivity contribution in [2.75, 3.05) is 53.6 Å². The summed E-state index contributed by atoms with van der Waals surface area (Å²) in [6.07, 6.45) is 2.73. The van der Waals surface area contributed by atoms with Gasteiger partial charge in [0.05, 0.1) is 13.2 Å². The van der Waals surface area contributed by atoms with Crippen LogP contribution in [0.15, 0.2) is 0 Å². The summed E-state index contributed by atoms with van der Waals surface area (Å²) in [6.45, 7) is 7.69. The number of rotatable bonds is 11. The highest BCUT2D eigenvalue weighted by Crippen LogP contribution is 2.28. The van der Waals surface area contributed by atoms with Crippen LogP contribution in [0.2, 0.25) is 0 Å². The summed E-state index contributed by atoms with van der Waals surface area (Å²) in [5.41, 5.74) is 0. The average molecular weight is 244 g/mol. The van der Waals surface area contributed by atoms with E-state index in [1.807, 2.05) is 0 Å². The molecule has 1 N–H and O–H groups in total. The molecule has 0 aromatic heterocycles. The van der Waals surface area contributed by atoms with Gasteiger partial charge in [0.1, 0.15) is 0 Å². The van der Waals surface area contributed by atoms with Crippen molar-refractivity contribution < 1.29 is 9.47 Å². The van der Waals surface area contributed by atoms with E-state index < -0.39 is 0 Å². The van der Waals surface area contributed by atoms with E-state index >= 15 is 0 Å². The maximum absolute atomic E-state index is 5.64. The number of ether oxygens (including phenoxy) is 2. The zero-order valence-electron chi connectivity index (χ0n) is 11.6. The van der Waals surface area contributed by atoms with E-state index in [4.69, 9.17) is 9.47 Å². The van der Waals surface area contributed by atoms with E-state index in [2.05, 4.69) is 24.2 Å². The van der Waals surface area contributed by atoms with Crippen molar-refractivity contribution in [2.45, 2.75) is 25.8 Å². The van der Waals surface area contributed by atoms with Crippen LogP contribution in [0.3, 0.4) is 0 Å². The lowest BCUT2D eigenvalue weighted by Crippen LogP contribution is -2.43. The second-order valence-electron chi connectivity index (χ2n) is 4.99. The number of methoxy groups -OCH3 is 1. The predicted molar refractivity (Wildman–Crippen MR) is 70.4 cm³/mol. The van der Waals surface area contributed by atoms with Crippen LogP contribution in [0.5, 0.6) is 0 Å². The maximum Gasteiger partial charge on any atom is 0.0628 e. The van der Waals surface area contributed by atoms with Gasteiger partial charge in [-0.1, -0.05) is 6.92 Å². The minimum absolute atomic E-state index is 0.415. The van der Waals surface area contributed by atoms with Crippen molar-refractivity contribution in [1.29, 1.82) is 0 Å². The first kappa shape index (κ1) is 14.9. The highest BCUT2D eigenvalue weighted by atomic mass is 16.5. The predicted octanol–water partition coefficient (Wildman–Crippen LogP) is 0.969. The van der Waals surface area contributed by atoms with Crippen LogP contribution in [-0.2, 0) is 9.47 Å². The largest absolute Gasteiger partial charge is 0.383 e. The molecule has 1 rings (SSSR count). The highest BCUT2D eigenvalue weighted by Gasteiger charge is 2.21. The van der Waals surface area contributed by atoms with Crippen molar-refractivity contribution in [3.8, 4) is 0 Å². The van der Waals surface area contributed by atoms with Crippen molar-refractivity contribution in [2.24, 2.45) is 5.92 Å². The van der Waals surface area contributed by atoms with Gasteiger partial charge in [0.2, 0.25) is 0 Å². The van der Waals surface area contributed by atoms with Gasteiger partial charge in [0, 0.05) is 32.8 Å². The lowest BCUT2D eigenvalue weighted by atomic mass is 10.3. The summed E-state index contributed by atoms with van der Waals surface area (Å²) >= 11 is 0. The molecule has 1 unspecified atom stereocenters. The van der Waals surface area contributed by atoms with Crippen molar-refractivity contribution in [3.63, 3.8) is 0 Å². The first-order chi connectivity index (χ1) is 8.26. The highest BCUT2D eigenvalue weighted by molar-refractivity contribution is 4.72. The van der Waals surface area contributed by atoms with Crippen LogP contribution in [-0.4, -0.2) is 64.6 Å². The number of nitrogens with one attached hydrogen (secondary N) is 1. The summed E-state index contributed by atoms with van der Waals surface area (Å²) < 4.78 is 10.8. The van der Waals surface area contributed by atoms with Crippen LogP contribution in [0.25, 0.3) is 0 Å². The minimum atomic E-state index is 0.415. The van der Waals surface area contributed by atoms with E-state index in [-0.39, 0.29) is 0 Å². The molecule has 0 spiro atoms. The molecule has 0 amide bonds. The molecule has 1 aliphatic rings. The van der Waals surface area contributed by atoms with Gasteiger partial charge in [-0.15, -0.1) is 0 Å². The molecule has 17 heavy (non-hydrogen) atoms. The van der Waals surface area contributed by atoms with E-state index in [0.29, 0.717) is 6.04 Å². The van der Waals surface area contributed by atoms with Gasteiger partial charge < -0.3 is 19.7 Å². The quantitative estimate of drug-likeness (QED) is 0.549. The summed E-state index contributed by atoms with van der Waals surface area (Å²) in [4.78, 5) is 2.30. The first-order valence-electron chi connectivity index (χ1n) is 6.74. The van der Waals surface area contributed by atoms with Crippen LogP contribution < -0.4 is 5.32 Å². The molecule has 1 saturated carbocycles. The average Bonchev–Trinajstić information content (AvgIpc) is 3.09. The Labute approximate surface area is 106 Å². The van der Waals surface area contributed by atoms with Crippen molar-refractivity contribution in [1.82, 2.24) is 10.2 Å². The van der Waals surface area contributed by atoms with Gasteiger partial charge >= 0.3 is 0 Å². The van der Waals surface area contributed by atoms with E-state index in [9.17, 15) is 0 Å². The van der Waals surface area contributed by atoms with Gasteiger partial charge in [-0.05, 0) is 32.4 Å². The summed E-state index contributed by atoms with van der Waals surface area (Å²) in [6, 6.07) is 0.415. The third kappa shape index (κ3) is 7.71. The normalized spacial score (nSPS) is 17.6. The minimum Gasteiger partial charge on any atom is -0.383 e. The first-order valence-corrected chi connectivity index (χ1v) is 6.74. The molecule has 0 saturated heterocycles. The number of likely N-dealkylation sites (N-methyl/N-ethyl adjacent to an activating group) is 2. The Balaban J connectivity index is 2.01. The van der Waals surface area contributed by atoms with Gasteiger partial charge in [-0.25, -0.2) is 0 Å². The summed E-state index contributed by atoms with van der Waals surface area (Å²) in [5, 5.41) is 3.43. The smallest absolute Gasteiger partial charge is 0.0628 e. The van der Waals surface area contributed by atoms with Gasteiger partial charge in [-0.3, -0.25) is 0 Å². The van der Waals surface area contributed by atoms with E-state index in [0.717, 1.165) is 45.4 Å². The molecule has 102 valence electrons. The maximum atomic E-state index is 5.64. The Morgan fingerprint density at radius 2 is 2.18 bits per heavy atom. The fourth-order valence-corrected chi connectivity index (χ4v) is 1.89. The molecule has 0 bridgehead atoms. The van der Waals surface area contributed by atoms with Crippen LogP contribution in [0.1, 0.15) is 19.8 Å². The topological polar surface area (TPSA) is 33.7 Å². The number of hydrogen-bond acceptors (Lipinski definition) is 4. The molecular weight excluding hydrogens is 216 g/mol. The molecule has 1 aliphatic carbocycles. The third-order valence-electron chi connectivity index (χ3n) is 3.06. The number of nitrogens with zero attached hydrogens (tertiary/aromatic N) is 1. The Hall–Kier alpha value is -0.160. The Morgan fingerprint density at radius 3 is 2.76 bits per heavy atom. The van der Waals surface area contributed by atoms with Crippen molar-refractivity contribution >= 4 is 0 Å². The number of hydrogen-bond donors (Lipinski definition) is 1. The Kier molecular flexibility index (Phi) is 7.77. The third-order valence-corrected chi connectivity index (χ3v) is 3.06. The summed E-state index contributed by atoms with van der Waals surface area (Å²) in [5.74, 6) is 0.864. The van der Waals surface area contributed by atoms with Crippen LogP contribution in [0, 0.1) is 5.92 Å². The van der Waals surface area contributed by atoms with Gasteiger partial charge in [0.25, 0.3) is 0 Å². The van der Waals surface area contributed by atoms with Gasteiger partial charge in [0.15, 0.2) is 0 Å². The standard InChI is InChI=1S/C13H28N2O2/c1-4-14-13(11-16-3)9-15(2)7-8-17-10-12-5-6-12/h12-14H,4-11H2,1-3H3. The molecule has 4 heteroatoms. The molecule has 1 fully saturated rings. The lowest BCUT2D eigenvalue weighted by molar-refractivity contribution is 0.0931. The molecular formula is C13H28N2O2. The van der Waals surface area contributed by atoms with Crippen molar-refractivity contribution in [3.05, 3.63) is 0 Å². The Morgan fingerprint density at radius 1 is 1.41 bits per heavy atom. The van der Waals surface area contributed by atoms with E-state index in [1.54, 1.807) is 7.11 Å². The molecule has 0 radical (unpaired) electrons. The molecule has 0 aromatic carbocycles. The fourth-order valence-electron chi connectivity index (χ4n) is 1.89. The summed E-state index contributed by atoms with van der Waals surface area (Å²) in [7, 11) is 3.89. The lowest BCUT2D eigenvalue weighted by Gasteiger charge is -2.24. The fraction of sp³-hybridized carbons (Fsp3) is 1.00. The van der Waals surface area contributed by atoms with Gasteiger partial charge in [-0.2, -0.15) is 0 Å². The zero-order chi connectivity index (χ0) is 12.5. The zero-order valence-corrected chi connectivity index (χ0v) is 11.6. The Bertz CT molecular complexity index is 180.